The number of hydrogen-bond donors (Lipinski definition) is 2. The van der Waals surface area contributed by atoms with Crippen molar-refractivity contribution < 1.29 is 0 Å². The van der Waals surface area contributed by atoms with Gasteiger partial charge in [-0.25, -0.2) is 0 Å². The van der Waals surface area contributed by atoms with Crippen LogP contribution in [0, 0.1) is 0 Å². The van der Waals surface area contributed by atoms with Gasteiger partial charge in [-0.15, -0.1) is 0 Å². The summed E-state index contributed by atoms with van der Waals surface area (Å²) in [6.45, 7) is 6.78. The molecule has 0 rings (SSSR count). The summed E-state index contributed by atoms with van der Waals surface area (Å²) in [5, 5.41) is 6.75. The molecule has 2 heteroatoms. The van der Waals surface area contributed by atoms with Crippen LogP contribution < -0.4 is 10.6 Å². The molecule has 0 saturated heterocycles. The zero-order valence-corrected chi connectivity index (χ0v) is 8.82. The second-order valence-corrected chi connectivity index (χ2v) is 3.31. The first kappa shape index (κ1) is 11.9. The average molecular weight is 172 g/mol. The summed E-state index contributed by atoms with van der Waals surface area (Å²) >= 11 is 0. The molecule has 0 aliphatic rings. The van der Waals surface area contributed by atoms with E-state index < -0.39 is 0 Å². The molecule has 1 unspecified atom stereocenters. The third-order valence-corrected chi connectivity index (χ3v) is 2.20. The van der Waals surface area contributed by atoms with Gasteiger partial charge in [0.25, 0.3) is 0 Å². The second-order valence-electron chi connectivity index (χ2n) is 3.31. The summed E-state index contributed by atoms with van der Waals surface area (Å²) in [5.41, 5.74) is 0. The topological polar surface area (TPSA) is 24.1 Å². The van der Waals surface area contributed by atoms with Crippen molar-refractivity contribution >= 4 is 0 Å². The fourth-order valence-corrected chi connectivity index (χ4v) is 1.25. The molecule has 0 fully saturated rings. The summed E-state index contributed by atoms with van der Waals surface area (Å²) in [5.74, 6) is 0. The van der Waals surface area contributed by atoms with Gasteiger partial charge in [0.05, 0.1) is 0 Å². The molecule has 12 heavy (non-hydrogen) atoms. The van der Waals surface area contributed by atoms with E-state index in [-0.39, 0.29) is 0 Å². The molecule has 0 heterocycles. The normalized spacial score (nSPS) is 13.2. The predicted molar refractivity (Wildman–Crippen MR) is 55.5 cm³/mol. The van der Waals surface area contributed by atoms with Crippen LogP contribution in [-0.2, 0) is 0 Å². The van der Waals surface area contributed by atoms with E-state index in [1.165, 1.54) is 32.2 Å². The fourth-order valence-electron chi connectivity index (χ4n) is 1.25. The van der Waals surface area contributed by atoms with Gasteiger partial charge in [-0.1, -0.05) is 20.3 Å². The van der Waals surface area contributed by atoms with Gasteiger partial charge < -0.3 is 10.6 Å². The van der Waals surface area contributed by atoms with Crippen LogP contribution in [0.5, 0.6) is 0 Å². The molecule has 0 aliphatic heterocycles. The maximum Gasteiger partial charge on any atom is 0.00765 e. The van der Waals surface area contributed by atoms with E-state index >= 15 is 0 Å². The second kappa shape index (κ2) is 9.01. The van der Waals surface area contributed by atoms with Crippen LogP contribution in [0.3, 0.4) is 0 Å². The Morgan fingerprint density at radius 2 is 1.92 bits per heavy atom. The zero-order chi connectivity index (χ0) is 9.23. The summed E-state index contributed by atoms with van der Waals surface area (Å²) in [4.78, 5) is 0. The van der Waals surface area contributed by atoms with Crippen LogP contribution in [-0.4, -0.2) is 26.2 Å². The van der Waals surface area contributed by atoms with Crippen LogP contribution in [0.1, 0.15) is 39.5 Å². The standard InChI is InChI=1S/C10H24N2/c1-4-6-8-12-10(5-2)7-9-11-3/h10-12H,4-9H2,1-3H3. The Morgan fingerprint density at radius 1 is 1.17 bits per heavy atom. The highest BCUT2D eigenvalue weighted by atomic mass is 14.9. The maximum atomic E-state index is 3.57. The van der Waals surface area contributed by atoms with E-state index in [9.17, 15) is 0 Å². The van der Waals surface area contributed by atoms with Gasteiger partial charge in [0.15, 0.2) is 0 Å². The Kier molecular flexibility index (Phi) is 8.95. The van der Waals surface area contributed by atoms with Crippen LogP contribution in [0.15, 0.2) is 0 Å². The van der Waals surface area contributed by atoms with Crippen molar-refractivity contribution in [3.63, 3.8) is 0 Å². The molecule has 0 aromatic rings. The Labute approximate surface area is 77.1 Å². The van der Waals surface area contributed by atoms with Crippen LogP contribution >= 0.6 is 0 Å². The molecule has 0 aliphatic carbocycles. The van der Waals surface area contributed by atoms with Crippen LogP contribution in [0.4, 0.5) is 0 Å². The van der Waals surface area contributed by atoms with Crippen molar-refractivity contribution in [2.45, 2.75) is 45.6 Å². The number of nitrogens with one attached hydrogen (secondary N) is 2. The molecule has 0 aromatic carbocycles. The highest BCUT2D eigenvalue weighted by Crippen LogP contribution is 1.96. The lowest BCUT2D eigenvalue weighted by molar-refractivity contribution is 0.455. The quantitative estimate of drug-likeness (QED) is 0.545. The van der Waals surface area contributed by atoms with Crippen molar-refractivity contribution in [1.82, 2.24) is 10.6 Å². The Morgan fingerprint density at radius 3 is 2.42 bits per heavy atom. The number of unbranched alkanes of at least 4 members (excludes halogenated alkanes) is 1. The van der Waals surface area contributed by atoms with Crippen molar-refractivity contribution in [3.05, 3.63) is 0 Å². The van der Waals surface area contributed by atoms with Gasteiger partial charge in [0.2, 0.25) is 0 Å². The molecule has 2 N–H and O–H groups in total. The molecule has 74 valence electrons. The van der Waals surface area contributed by atoms with E-state index in [4.69, 9.17) is 0 Å². The van der Waals surface area contributed by atoms with Gasteiger partial charge in [0, 0.05) is 6.04 Å². The summed E-state index contributed by atoms with van der Waals surface area (Å²) < 4.78 is 0. The first-order valence-corrected chi connectivity index (χ1v) is 5.23. The summed E-state index contributed by atoms with van der Waals surface area (Å²) in [6, 6.07) is 0.712. The molecular formula is C10H24N2. The third-order valence-electron chi connectivity index (χ3n) is 2.20. The van der Waals surface area contributed by atoms with Crippen LogP contribution in [0.25, 0.3) is 0 Å². The van der Waals surface area contributed by atoms with Gasteiger partial charge in [-0.05, 0) is 39.4 Å². The SMILES string of the molecule is CCCCNC(CC)CCNC. The van der Waals surface area contributed by atoms with Crippen molar-refractivity contribution in [3.8, 4) is 0 Å². The van der Waals surface area contributed by atoms with E-state index in [0.29, 0.717) is 6.04 Å². The van der Waals surface area contributed by atoms with Gasteiger partial charge in [-0.3, -0.25) is 0 Å². The molecule has 1 atom stereocenters. The number of hydrogen-bond acceptors (Lipinski definition) is 2. The third kappa shape index (κ3) is 6.62. The van der Waals surface area contributed by atoms with E-state index in [0.717, 1.165) is 6.54 Å². The minimum atomic E-state index is 0.712. The highest BCUT2D eigenvalue weighted by Gasteiger charge is 2.02. The molecule has 0 radical (unpaired) electrons. The largest absolute Gasteiger partial charge is 0.320 e. The lowest BCUT2D eigenvalue weighted by atomic mass is 10.1. The summed E-state index contributed by atoms with van der Waals surface area (Å²) in [7, 11) is 2.01. The molecular weight excluding hydrogens is 148 g/mol. The molecule has 0 saturated carbocycles. The van der Waals surface area contributed by atoms with E-state index in [2.05, 4.69) is 24.5 Å². The predicted octanol–water partition coefficient (Wildman–Crippen LogP) is 1.76. The van der Waals surface area contributed by atoms with Crippen molar-refractivity contribution in [1.29, 1.82) is 0 Å². The first-order valence-electron chi connectivity index (χ1n) is 5.23. The lowest BCUT2D eigenvalue weighted by Crippen LogP contribution is -2.31. The maximum absolute atomic E-state index is 3.57. The van der Waals surface area contributed by atoms with Crippen molar-refractivity contribution in [2.75, 3.05) is 20.1 Å². The molecule has 0 spiro atoms. The fraction of sp³-hybridized carbons (Fsp3) is 1.00. The first-order chi connectivity index (χ1) is 5.85. The minimum absolute atomic E-state index is 0.712. The molecule has 0 amide bonds. The lowest BCUT2D eigenvalue weighted by Gasteiger charge is -2.16. The van der Waals surface area contributed by atoms with Crippen LogP contribution in [0.2, 0.25) is 0 Å². The van der Waals surface area contributed by atoms with Gasteiger partial charge in [0.1, 0.15) is 0 Å². The van der Waals surface area contributed by atoms with E-state index in [1.807, 2.05) is 7.05 Å². The zero-order valence-electron chi connectivity index (χ0n) is 8.82. The highest BCUT2D eigenvalue weighted by molar-refractivity contribution is 4.65. The minimum Gasteiger partial charge on any atom is -0.320 e. The Hall–Kier alpha value is -0.0800. The van der Waals surface area contributed by atoms with E-state index in [1.54, 1.807) is 0 Å². The summed E-state index contributed by atoms with van der Waals surface area (Å²) in [6.07, 6.45) is 5.08. The Bertz CT molecular complexity index is 83.9. The molecule has 2 nitrogen and oxygen atoms in total. The van der Waals surface area contributed by atoms with Gasteiger partial charge in [-0.2, -0.15) is 0 Å². The smallest absolute Gasteiger partial charge is 0.00765 e. The van der Waals surface area contributed by atoms with Crippen molar-refractivity contribution in [2.24, 2.45) is 0 Å². The molecule has 0 bridgehead atoms. The average Bonchev–Trinajstić information content (AvgIpc) is 2.11. The Balaban J connectivity index is 3.26. The number of rotatable bonds is 8. The molecule has 0 aromatic heterocycles. The monoisotopic (exact) mass is 172 g/mol. The van der Waals surface area contributed by atoms with Gasteiger partial charge >= 0.3 is 0 Å².